The van der Waals surface area contributed by atoms with Gasteiger partial charge in [0.15, 0.2) is 0 Å². The first-order chi connectivity index (χ1) is 15.6. The minimum absolute atomic E-state index is 0.0750. The number of esters is 1. The maximum atomic E-state index is 13.5. The van der Waals surface area contributed by atoms with E-state index < -0.39 is 11.5 Å². The highest BCUT2D eigenvalue weighted by Crippen LogP contribution is 2.32. The van der Waals surface area contributed by atoms with Gasteiger partial charge >= 0.3 is 5.97 Å². The molecule has 0 aliphatic rings. The van der Waals surface area contributed by atoms with E-state index in [1.54, 1.807) is 19.1 Å². The number of hydrogen-bond donors (Lipinski definition) is 0. The number of rotatable bonds is 6. The second-order valence-corrected chi connectivity index (χ2v) is 7.14. The van der Waals surface area contributed by atoms with Crippen LogP contribution in [0.4, 0.5) is 4.39 Å². The van der Waals surface area contributed by atoms with Gasteiger partial charge in [-0.2, -0.15) is 5.10 Å². The number of aromatic nitrogens is 2. The molecule has 0 amide bonds. The second-order valence-electron chi connectivity index (χ2n) is 7.14. The van der Waals surface area contributed by atoms with Crippen molar-refractivity contribution in [3.63, 3.8) is 0 Å². The zero-order valence-corrected chi connectivity index (χ0v) is 17.5. The van der Waals surface area contributed by atoms with Gasteiger partial charge in [0.05, 0.1) is 18.8 Å². The summed E-state index contributed by atoms with van der Waals surface area (Å²) < 4.78 is 19.8. The predicted molar refractivity (Wildman–Crippen MR) is 121 cm³/mol. The van der Waals surface area contributed by atoms with Gasteiger partial charge in [-0.1, -0.05) is 72.8 Å². The van der Waals surface area contributed by atoms with Gasteiger partial charge < -0.3 is 4.74 Å². The van der Waals surface area contributed by atoms with Crippen molar-refractivity contribution in [2.24, 2.45) is 0 Å². The molecule has 5 nitrogen and oxygen atoms in total. The monoisotopic (exact) mass is 428 g/mol. The molecule has 3 aromatic carbocycles. The quantitative estimate of drug-likeness (QED) is 0.408. The van der Waals surface area contributed by atoms with Gasteiger partial charge in [-0.05, 0) is 30.2 Å². The fourth-order valence-electron chi connectivity index (χ4n) is 3.52. The lowest BCUT2D eigenvalue weighted by Crippen LogP contribution is -2.31. The van der Waals surface area contributed by atoms with Gasteiger partial charge in [-0.3, -0.25) is 4.79 Å². The summed E-state index contributed by atoms with van der Waals surface area (Å²) in [6.45, 7) is 1.91. The summed E-state index contributed by atoms with van der Waals surface area (Å²) in [5.41, 5.74) is 2.40. The van der Waals surface area contributed by atoms with Gasteiger partial charge in [-0.25, -0.2) is 13.9 Å². The lowest BCUT2D eigenvalue weighted by molar-refractivity contribution is 0.0524. The van der Waals surface area contributed by atoms with Crippen molar-refractivity contribution in [2.45, 2.75) is 13.5 Å². The van der Waals surface area contributed by atoms with Gasteiger partial charge in [0.1, 0.15) is 11.4 Å². The van der Waals surface area contributed by atoms with Crippen molar-refractivity contribution in [2.75, 3.05) is 6.61 Å². The molecule has 6 heteroatoms. The lowest BCUT2D eigenvalue weighted by atomic mass is 9.95. The zero-order valence-electron chi connectivity index (χ0n) is 17.5. The normalized spacial score (nSPS) is 10.7. The number of benzene rings is 3. The summed E-state index contributed by atoms with van der Waals surface area (Å²) in [5, 5.41) is 4.64. The smallest absolute Gasteiger partial charge is 0.344 e. The third-order valence-corrected chi connectivity index (χ3v) is 4.99. The van der Waals surface area contributed by atoms with E-state index in [4.69, 9.17) is 4.74 Å². The molecule has 0 saturated heterocycles. The molecule has 0 fully saturated rings. The van der Waals surface area contributed by atoms with Crippen LogP contribution in [0.2, 0.25) is 0 Å². The second kappa shape index (κ2) is 9.39. The fourth-order valence-corrected chi connectivity index (χ4v) is 3.52. The summed E-state index contributed by atoms with van der Waals surface area (Å²) >= 11 is 0. The molecule has 0 aliphatic carbocycles. The molecule has 1 aromatic heterocycles. The van der Waals surface area contributed by atoms with Crippen LogP contribution in [0, 0.1) is 5.82 Å². The van der Waals surface area contributed by atoms with Gasteiger partial charge in [0.2, 0.25) is 0 Å². The van der Waals surface area contributed by atoms with Crippen molar-refractivity contribution in [1.82, 2.24) is 9.78 Å². The Bertz CT molecular complexity index is 1280. The zero-order chi connectivity index (χ0) is 22.5. The molecule has 32 heavy (non-hydrogen) atoms. The highest BCUT2D eigenvalue weighted by atomic mass is 19.1. The van der Waals surface area contributed by atoms with Crippen molar-refractivity contribution in [3.8, 4) is 22.4 Å². The predicted octanol–water partition coefficient (Wildman–Crippen LogP) is 4.94. The Balaban J connectivity index is 2.01. The molecule has 1 heterocycles. The molecule has 0 bridgehead atoms. The number of halogens is 1. The lowest BCUT2D eigenvalue weighted by Gasteiger charge is -2.17. The van der Waals surface area contributed by atoms with Crippen LogP contribution in [0.1, 0.15) is 22.8 Å². The Labute approximate surface area is 184 Å². The average Bonchev–Trinajstić information content (AvgIpc) is 2.82. The number of nitrogens with zero attached hydrogens (tertiary/aromatic N) is 2. The molecule has 0 atom stereocenters. The van der Waals surface area contributed by atoms with E-state index in [1.807, 2.05) is 60.7 Å². The Kier molecular flexibility index (Phi) is 6.22. The molecule has 0 radical (unpaired) electrons. The van der Waals surface area contributed by atoms with E-state index in [0.717, 1.165) is 5.56 Å². The highest BCUT2D eigenvalue weighted by molar-refractivity contribution is 6.00. The molecule has 0 unspecified atom stereocenters. The first-order valence-corrected chi connectivity index (χ1v) is 10.3. The SMILES string of the molecule is CCOC(=O)c1c(-c2ccccc2)c(-c2ccccc2)nn(Cc2ccc(F)cc2)c1=O. The first kappa shape index (κ1) is 21.2. The van der Waals surface area contributed by atoms with Crippen LogP contribution in [0.3, 0.4) is 0 Å². The standard InChI is InChI=1S/C26H21FN2O3/c1-2-32-26(31)23-22(19-9-5-3-6-10-19)24(20-11-7-4-8-12-20)28-29(25(23)30)17-18-13-15-21(27)16-14-18/h3-16H,2,17H2,1H3. The average molecular weight is 428 g/mol. The molecular formula is C26H21FN2O3. The summed E-state index contributed by atoms with van der Waals surface area (Å²) in [6.07, 6.45) is 0. The molecule has 4 aromatic rings. The van der Waals surface area contributed by atoms with Crippen LogP contribution in [-0.2, 0) is 11.3 Å². The van der Waals surface area contributed by atoms with Crippen molar-refractivity contribution >= 4 is 5.97 Å². The summed E-state index contributed by atoms with van der Waals surface area (Å²) in [6, 6.07) is 24.4. The Morgan fingerprint density at radius 2 is 1.50 bits per heavy atom. The minimum Gasteiger partial charge on any atom is -0.462 e. The molecule has 0 aliphatic heterocycles. The van der Waals surface area contributed by atoms with E-state index in [-0.39, 0.29) is 24.5 Å². The van der Waals surface area contributed by atoms with Gasteiger partial charge in [0, 0.05) is 11.1 Å². The molecule has 4 rings (SSSR count). The third-order valence-electron chi connectivity index (χ3n) is 4.99. The Hall–Kier alpha value is -4.06. The van der Waals surface area contributed by atoms with Crippen LogP contribution >= 0.6 is 0 Å². The van der Waals surface area contributed by atoms with Crippen LogP contribution in [0.25, 0.3) is 22.4 Å². The number of hydrogen-bond acceptors (Lipinski definition) is 4. The summed E-state index contributed by atoms with van der Waals surface area (Å²) in [4.78, 5) is 26.4. The number of ether oxygens (including phenoxy) is 1. The third kappa shape index (κ3) is 4.34. The van der Waals surface area contributed by atoms with E-state index in [9.17, 15) is 14.0 Å². The van der Waals surface area contributed by atoms with Crippen LogP contribution in [-0.4, -0.2) is 22.4 Å². The Morgan fingerprint density at radius 3 is 2.09 bits per heavy atom. The van der Waals surface area contributed by atoms with Crippen LogP contribution in [0.15, 0.2) is 89.7 Å². The van der Waals surface area contributed by atoms with Crippen molar-refractivity contribution in [3.05, 3.63) is 112 Å². The maximum absolute atomic E-state index is 13.5. The van der Waals surface area contributed by atoms with Gasteiger partial charge in [0.25, 0.3) is 5.56 Å². The van der Waals surface area contributed by atoms with E-state index in [0.29, 0.717) is 22.4 Å². The topological polar surface area (TPSA) is 61.2 Å². The van der Waals surface area contributed by atoms with Crippen molar-refractivity contribution in [1.29, 1.82) is 0 Å². The van der Waals surface area contributed by atoms with E-state index >= 15 is 0 Å². The van der Waals surface area contributed by atoms with Crippen LogP contribution < -0.4 is 5.56 Å². The molecule has 0 spiro atoms. The van der Waals surface area contributed by atoms with Gasteiger partial charge in [-0.15, -0.1) is 0 Å². The number of carbonyl (C=O) groups is 1. The fraction of sp³-hybridized carbons (Fsp3) is 0.115. The summed E-state index contributed by atoms with van der Waals surface area (Å²) in [5.74, 6) is -1.07. The Morgan fingerprint density at radius 1 is 0.906 bits per heavy atom. The van der Waals surface area contributed by atoms with E-state index in [1.165, 1.54) is 16.8 Å². The first-order valence-electron chi connectivity index (χ1n) is 10.3. The van der Waals surface area contributed by atoms with Crippen molar-refractivity contribution < 1.29 is 13.9 Å². The molecule has 0 N–H and O–H groups in total. The minimum atomic E-state index is -0.705. The van der Waals surface area contributed by atoms with E-state index in [2.05, 4.69) is 5.10 Å². The highest BCUT2D eigenvalue weighted by Gasteiger charge is 2.26. The maximum Gasteiger partial charge on any atom is 0.344 e. The summed E-state index contributed by atoms with van der Waals surface area (Å²) in [7, 11) is 0. The molecular weight excluding hydrogens is 407 g/mol. The molecule has 160 valence electrons. The largest absolute Gasteiger partial charge is 0.462 e. The van der Waals surface area contributed by atoms with Crippen LogP contribution in [0.5, 0.6) is 0 Å². The number of carbonyl (C=O) groups excluding carboxylic acids is 1. The molecule has 0 saturated carbocycles.